The van der Waals surface area contributed by atoms with Crippen molar-refractivity contribution in [2.45, 2.75) is 26.8 Å². The van der Waals surface area contributed by atoms with Crippen LogP contribution in [0.3, 0.4) is 0 Å². The van der Waals surface area contributed by atoms with E-state index in [2.05, 4.69) is 46.2 Å². The average Bonchev–Trinajstić information content (AvgIpc) is 2.47. The van der Waals surface area contributed by atoms with Crippen LogP contribution in [0.2, 0.25) is 0 Å². The lowest BCUT2D eigenvalue weighted by molar-refractivity contribution is 0.402. The van der Waals surface area contributed by atoms with E-state index in [9.17, 15) is 4.79 Å². The summed E-state index contributed by atoms with van der Waals surface area (Å²) in [6.07, 6.45) is 7.15. The minimum absolute atomic E-state index is 0.0519. The highest BCUT2D eigenvalue weighted by Crippen LogP contribution is 2.15. The summed E-state index contributed by atoms with van der Waals surface area (Å²) in [5.41, 5.74) is 3.08. The van der Waals surface area contributed by atoms with Crippen LogP contribution in [0, 0.1) is 0 Å². The lowest BCUT2D eigenvalue weighted by Gasteiger charge is -2.22. The number of aromatic amines is 1. The number of fused-ring (bicyclic) bond motifs is 1. The number of hydrogen-bond acceptors (Lipinski definition) is 3. The summed E-state index contributed by atoms with van der Waals surface area (Å²) in [6, 6.07) is 5.94. The Bertz CT molecular complexity index is 786. The molecule has 1 aliphatic rings. The Labute approximate surface area is 123 Å². The maximum atomic E-state index is 12.1. The molecule has 4 nitrogen and oxygen atoms in total. The zero-order chi connectivity index (χ0) is 14.8. The van der Waals surface area contributed by atoms with Crippen molar-refractivity contribution >= 4 is 10.9 Å². The topological polar surface area (TPSA) is 49.0 Å². The molecule has 0 atom stereocenters. The van der Waals surface area contributed by atoms with Gasteiger partial charge in [-0.2, -0.15) is 0 Å². The Morgan fingerprint density at radius 3 is 3.00 bits per heavy atom. The lowest BCUT2D eigenvalue weighted by atomic mass is 10.1. The van der Waals surface area contributed by atoms with Gasteiger partial charge in [-0.15, -0.1) is 0 Å². The van der Waals surface area contributed by atoms with E-state index in [0.29, 0.717) is 5.39 Å². The molecule has 0 amide bonds. The van der Waals surface area contributed by atoms with Crippen LogP contribution in [0.25, 0.3) is 10.9 Å². The van der Waals surface area contributed by atoms with Gasteiger partial charge in [0.25, 0.3) is 5.56 Å². The standard InChI is InChI=1S/C17H19N3O/c1-3-16-18-15-7-6-13(9-14(15)17(21)19-16)11-20-8-4-5-12(2)10-20/h4-7,9-10H,3,8,11H2,1-2H3,(H,18,19,21). The predicted molar refractivity (Wildman–Crippen MR) is 85.0 cm³/mol. The number of nitrogens with one attached hydrogen (secondary N) is 1. The van der Waals surface area contributed by atoms with E-state index < -0.39 is 0 Å². The van der Waals surface area contributed by atoms with Crippen LogP contribution in [0.15, 0.2) is 46.9 Å². The second kappa shape index (κ2) is 5.56. The van der Waals surface area contributed by atoms with Crippen LogP contribution in [0.4, 0.5) is 0 Å². The number of H-pyrrole nitrogens is 1. The number of benzene rings is 1. The third kappa shape index (κ3) is 2.89. The van der Waals surface area contributed by atoms with Gasteiger partial charge in [-0.3, -0.25) is 4.79 Å². The Hall–Kier alpha value is -2.36. The monoisotopic (exact) mass is 281 g/mol. The van der Waals surface area contributed by atoms with Crippen molar-refractivity contribution in [2.75, 3.05) is 6.54 Å². The Kier molecular flexibility index (Phi) is 3.60. The molecule has 3 rings (SSSR count). The lowest BCUT2D eigenvalue weighted by Crippen LogP contribution is -2.19. The van der Waals surface area contributed by atoms with E-state index >= 15 is 0 Å². The first-order valence-corrected chi connectivity index (χ1v) is 7.26. The third-order valence-electron chi connectivity index (χ3n) is 3.65. The van der Waals surface area contributed by atoms with E-state index in [4.69, 9.17) is 0 Å². The molecule has 21 heavy (non-hydrogen) atoms. The number of nitrogens with zero attached hydrogens (tertiary/aromatic N) is 2. The van der Waals surface area contributed by atoms with E-state index in [1.165, 1.54) is 5.57 Å². The van der Waals surface area contributed by atoms with Crippen LogP contribution in [0.5, 0.6) is 0 Å². The predicted octanol–water partition coefficient (Wildman–Crippen LogP) is 2.76. The molecular weight excluding hydrogens is 262 g/mol. The Morgan fingerprint density at radius 2 is 2.24 bits per heavy atom. The summed E-state index contributed by atoms with van der Waals surface area (Å²) in [7, 11) is 0. The summed E-state index contributed by atoms with van der Waals surface area (Å²) in [4.78, 5) is 21.7. The molecule has 1 N–H and O–H groups in total. The van der Waals surface area contributed by atoms with Gasteiger partial charge >= 0.3 is 0 Å². The summed E-state index contributed by atoms with van der Waals surface area (Å²) in [5.74, 6) is 0.736. The molecule has 0 fully saturated rings. The van der Waals surface area contributed by atoms with Gasteiger partial charge in [0.2, 0.25) is 0 Å². The summed E-state index contributed by atoms with van der Waals surface area (Å²) < 4.78 is 0. The van der Waals surface area contributed by atoms with Gasteiger partial charge in [0, 0.05) is 25.7 Å². The van der Waals surface area contributed by atoms with Crippen LogP contribution in [-0.4, -0.2) is 21.4 Å². The van der Waals surface area contributed by atoms with E-state index in [-0.39, 0.29) is 5.56 Å². The first-order chi connectivity index (χ1) is 10.2. The van der Waals surface area contributed by atoms with E-state index in [1.54, 1.807) is 0 Å². The molecule has 0 unspecified atom stereocenters. The number of aromatic nitrogens is 2. The number of aryl methyl sites for hydroxylation is 1. The van der Waals surface area contributed by atoms with Crippen LogP contribution in [0.1, 0.15) is 25.2 Å². The normalized spacial score (nSPS) is 14.6. The smallest absolute Gasteiger partial charge is 0.258 e. The van der Waals surface area contributed by atoms with Crippen molar-refractivity contribution < 1.29 is 0 Å². The molecule has 1 aromatic heterocycles. The SMILES string of the molecule is CCc1nc2ccc(CN3C=C(C)C=CC3)cc2c(=O)[nH]1. The third-order valence-corrected chi connectivity index (χ3v) is 3.65. The largest absolute Gasteiger partial charge is 0.369 e. The number of rotatable bonds is 3. The van der Waals surface area contributed by atoms with E-state index in [0.717, 1.165) is 36.4 Å². The fourth-order valence-electron chi connectivity index (χ4n) is 2.60. The van der Waals surface area contributed by atoms with Gasteiger partial charge in [0.15, 0.2) is 0 Å². The molecule has 0 saturated carbocycles. The molecule has 4 heteroatoms. The molecule has 0 spiro atoms. The van der Waals surface area contributed by atoms with E-state index in [1.807, 2.05) is 19.1 Å². The molecule has 0 bridgehead atoms. The van der Waals surface area contributed by atoms with Gasteiger partial charge in [-0.05, 0) is 30.2 Å². The minimum atomic E-state index is -0.0519. The highest BCUT2D eigenvalue weighted by molar-refractivity contribution is 5.78. The highest BCUT2D eigenvalue weighted by atomic mass is 16.1. The van der Waals surface area contributed by atoms with Crippen molar-refractivity contribution in [1.82, 2.24) is 14.9 Å². The summed E-state index contributed by atoms with van der Waals surface area (Å²) in [5, 5.41) is 0.665. The average molecular weight is 281 g/mol. The first kappa shape index (κ1) is 13.6. The molecule has 0 aliphatic carbocycles. The zero-order valence-electron chi connectivity index (χ0n) is 12.4. The minimum Gasteiger partial charge on any atom is -0.369 e. The Morgan fingerprint density at radius 1 is 1.38 bits per heavy atom. The Balaban J connectivity index is 1.93. The number of allylic oxidation sites excluding steroid dienone is 2. The first-order valence-electron chi connectivity index (χ1n) is 7.26. The van der Waals surface area contributed by atoms with Crippen LogP contribution < -0.4 is 5.56 Å². The molecule has 2 aromatic rings. The second-order valence-electron chi connectivity index (χ2n) is 5.42. The molecule has 108 valence electrons. The van der Waals surface area contributed by atoms with Gasteiger partial charge < -0.3 is 9.88 Å². The summed E-state index contributed by atoms with van der Waals surface area (Å²) in [6.45, 7) is 5.77. The maximum absolute atomic E-state index is 12.1. The van der Waals surface area contributed by atoms with Crippen molar-refractivity contribution in [3.8, 4) is 0 Å². The fraction of sp³-hybridized carbons (Fsp3) is 0.294. The molecule has 2 heterocycles. The molecule has 0 radical (unpaired) electrons. The zero-order valence-corrected chi connectivity index (χ0v) is 12.4. The van der Waals surface area contributed by atoms with Gasteiger partial charge in [0.05, 0.1) is 10.9 Å². The van der Waals surface area contributed by atoms with Crippen LogP contribution >= 0.6 is 0 Å². The highest BCUT2D eigenvalue weighted by Gasteiger charge is 2.07. The second-order valence-corrected chi connectivity index (χ2v) is 5.42. The van der Waals surface area contributed by atoms with Gasteiger partial charge in [0.1, 0.15) is 5.82 Å². The maximum Gasteiger partial charge on any atom is 0.258 e. The quantitative estimate of drug-likeness (QED) is 0.941. The summed E-state index contributed by atoms with van der Waals surface area (Å²) >= 11 is 0. The van der Waals surface area contributed by atoms with Crippen LogP contribution in [-0.2, 0) is 13.0 Å². The van der Waals surface area contributed by atoms with Gasteiger partial charge in [-0.1, -0.05) is 25.1 Å². The van der Waals surface area contributed by atoms with Crippen molar-refractivity contribution in [1.29, 1.82) is 0 Å². The number of hydrogen-bond donors (Lipinski definition) is 1. The van der Waals surface area contributed by atoms with Crippen molar-refractivity contribution in [2.24, 2.45) is 0 Å². The fourth-order valence-corrected chi connectivity index (χ4v) is 2.60. The molecule has 0 saturated heterocycles. The molecule has 1 aromatic carbocycles. The van der Waals surface area contributed by atoms with Crippen molar-refractivity contribution in [3.63, 3.8) is 0 Å². The van der Waals surface area contributed by atoms with Crippen molar-refractivity contribution in [3.05, 3.63) is 63.9 Å². The molecule has 1 aliphatic heterocycles. The molecular formula is C17H19N3O. The van der Waals surface area contributed by atoms with Gasteiger partial charge in [-0.25, -0.2) is 4.98 Å².